The van der Waals surface area contributed by atoms with Crippen molar-refractivity contribution in [3.8, 4) is 39.5 Å². The first kappa shape index (κ1) is 43.7. The van der Waals surface area contributed by atoms with Crippen molar-refractivity contribution in [2.24, 2.45) is 11.8 Å². The number of furan rings is 1. The van der Waals surface area contributed by atoms with Crippen molar-refractivity contribution in [1.82, 2.24) is 14.5 Å². The first-order valence-electron chi connectivity index (χ1n) is 20.7. The maximum atomic E-state index is 5.94. The van der Waals surface area contributed by atoms with Crippen LogP contribution >= 0.6 is 0 Å². The van der Waals surface area contributed by atoms with Crippen LogP contribution in [0.2, 0.25) is 19.6 Å². The van der Waals surface area contributed by atoms with E-state index in [0.29, 0.717) is 11.8 Å². The van der Waals surface area contributed by atoms with Crippen LogP contribution in [0.25, 0.3) is 61.5 Å². The van der Waals surface area contributed by atoms with E-state index in [1.807, 2.05) is 24.3 Å². The van der Waals surface area contributed by atoms with Crippen molar-refractivity contribution in [1.29, 1.82) is 0 Å². The maximum Gasteiger partial charge on any atom is 0.0798 e. The van der Waals surface area contributed by atoms with E-state index in [4.69, 9.17) is 9.40 Å². The first-order valence-corrected chi connectivity index (χ1v) is 24.2. The summed E-state index contributed by atoms with van der Waals surface area (Å²) in [5.74, 6) is 2.10. The molecule has 8 aromatic rings. The second-order valence-corrected chi connectivity index (χ2v) is 23.5. The smallest absolute Gasteiger partial charge is 0.0798 e. The van der Waals surface area contributed by atoms with Gasteiger partial charge in [0.1, 0.15) is 0 Å². The normalized spacial score (nSPS) is 11.9. The number of para-hydroxylation sites is 2. The second-order valence-electron chi connectivity index (χ2n) is 18.5. The largest absolute Gasteiger partial charge is 0.557 e. The molecule has 3 heterocycles. The Morgan fingerprint density at radius 2 is 1.41 bits per heavy atom. The van der Waals surface area contributed by atoms with Gasteiger partial charge < -0.3 is 14.0 Å². The van der Waals surface area contributed by atoms with E-state index < -0.39 is 8.07 Å². The maximum absolute atomic E-state index is 5.94. The summed E-state index contributed by atoms with van der Waals surface area (Å²) in [6.45, 7) is 22.9. The second kappa shape index (κ2) is 18.2. The van der Waals surface area contributed by atoms with Crippen LogP contribution in [0.4, 0.5) is 0 Å². The molecule has 0 atom stereocenters. The minimum Gasteiger partial charge on any atom is -0.557 e. The Morgan fingerprint density at radius 1 is 0.746 bits per heavy atom. The number of benzene rings is 5. The molecule has 0 fully saturated rings. The fourth-order valence-electron chi connectivity index (χ4n) is 7.68. The molecule has 3 aromatic heterocycles. The molecule has 59 heavy (non-hydrogen) atoms. The van der Waals surface area contributed by atoms with Gasteiger partial charge in [0.2, 0.25) is 0 Å². The molecule has 8 rings (SSSR count). The molecule has 0 amide bonds. The predicted octanol–water partition coefficient (Wildman–Crippen LogP) is 13.7. The zero-order valence-electron chi connectivity index (χ0n) is 36.3. The quantitative estimate of drug-likeness (QED) is 0.107. The fourth-order valence-corrected chi connectivity index (χ4v) is 9.27. The molecule has 0 spiro atoms. The third-order valence-electron chi connectivity index (χ3n) is 10.6. The summed E-state index contributed by atoms with van der Waals surface area (Å²) in [6.07, 6.45) is 7.44. The molecular weight excluding hydrogens is 915 g/mol. The predicted molar refractivity (Wildman–Crippen MR) is 248 cm³/mol. The number of aromatic nitrogens is 3. The minimum atomic E-state index is -1.34. The molecule has 305 valence electrons. The first-order chi connectivity index (χ1) is 27.7. The van der Waals surface area contributed by atoms with Gasteiger partial charge in [0.25, 0.3) is 0 Å². The van der Waals surface area contributed by atoms with Crippen molar-refractivity contribution < 1.29 is 24.5 Å². The molecule has 5 aromatic carbocycles. The van der Waals surface area contributed by atoms with Crippen molar-refractivity contribution in [3.05, 3.63) is 157 Å². The molecule has 6 heteroatoms. The van der Waals surface area contributed by atoms with Crippen LogP contribution in [-0.2, 0) is 38.4 Å². The molecular formula is C53H57IrN3OSi-2. The van der Waals surface area contributed by atoms with Crippen LogP contribution in [-0.4, -0.2) is 22.6 Å². The summed E-state index contributed by atoms with van der Waals surface area (Å²) >= 11 is 0. The topological polar surface area (TPSA) is 43.9 Å². The number of nitrogens with zero attached hydrogens (tertiary/aromatic N) is 3. The number of imidazole rings is 1. The molecule has 0 bridgehead atoms. The van der Waals surface area contributed by atoms with Crippen LogP contribution in [0.5, 0.6) is 0 Å². The van der Waals surface area contributed by atoms with Gasteiger partial charge in [0.05, 0.1) is 24.9 Å². The van der Waals surface area contributed by atoms with Gasteiger partial charge >= 0.3 is 0 Å². The van der Waals surface area contributed by atoms with Gasteiger partial charge in [-0.15, -0.1) is 42.0 Å². The van der Waals surface area contributed by atoms with Crippen molar-refractivity contribution in [2.75, 3.05) is 0 Å². The average molecular weight is 972 g/mol. The molecule has 0 aliphatic carbocycles. The molecule has 0 aliphatic heterocycles. The van der Waals surface area contributed by atoms with E-state index in [1.165, 1.54) is 33.0 Å². The standard InChI is InChI=1S/C35H33N2O.C18H24NSi.Ir/c1-23(2)20-24-10-19-29-30(22-38-33(29)21-24)34-36-31-8-6-7-9-32(31)37(34)28-17-13-26(14-18-28)25-11-15-27(16-12-25)35(3,4)5;1-14(2)11-16-12-17(15-9-7-6-8-10-15)19-13-18(16)20(3,4)5;/h6-19,21,23H,20H2,1-5H3;6-9,12-14H,11H2,1-5H3;/q2*-1;. The molecule has 0 aliphatic rings. The summed E-state index contributed by atoms with van der Waals surface area (Å²) in [7, 11) is -1.34. The molecule has 0 N–H and O–H groups in total. The summed E-state index contributed by atoms with van der Waals surface area (Å²) in [4.78, 5) is 9.72. The monoisotopic (exact) mass is 972 g/mol. The third kappa shape index (κ3) is 10.1. The van der Waals surface area contributed by atoms with E-state index >= 15 is 0 Å². The molecule has 0 saturated heterocycles. The number of hydrogen-bond donors (Lipinski definition) is 0. The van der Waals surface area contributed by atoms with Gasteiger partial charge in [-0.25, -0.2) is 0 Å². The van der Waals surface area contributed by atoms with E-state index in [0.717, 1.165) is 63.2 Å². The summed E-state index contributed by atoms with van der Waals surface area (Å²) in [6, 6.07) is 46.0. The number of rotatable bonds is 9. The minimum absolute atomic E-state index is 0. The van der Waals surface area contributed by atoms with Gasteiger partial charge in [0, 0.05) is 43.8 Å². The van der Waals surface area contributed by atoms with Crippen LogP contribution in [0.15, 0.2) is 132 Å². The van der Waals surface area contributed by atoms with Gasteiger partial charge in [-0.1, -0.05) is 157 Å². The van der Waals surface area contributed by atoms with Gasteiger partial charge in [0.15, 0.2) is 0 Å². The van der Waals surface area contributed by atoms with Crippen LogP contribution in [0.3, 0.4) is 0 Å². The zero-order valence-corrected chi connectivity index (χ0v) is 39.7. The van der Waals surface area contributed by atoms with E-state index in [1.54, 1.807) is 0 Å². The Kier molecular flexibility index (Phi) is 13.5. The SMILES string of the molecule is CC(C)Cc1cc(-c2[c-]cccc2)ncc1[Si](C)(C)C.CC(C)Cc1ccc2c(-c3nc4ccccc4n3-c3ccc(-c4ccc(C(C)(C)C)cc4)cc3)[c-]oc2c1.[Ir]. The van der Waals surface area contributed by atoms with E-state index in [-0.39, 0.29) is 25.5 Å². The van der Waals surface area contributed by atoms with Crippen molar-refractivity contribution in [2.45, 2.75) is 86.4 Å². The Bertz CT molecular complexity index is 2620. The Balaban J connectivity index is 0.000000236. The summed E-state index contributed by atoms with van der Waals surface area (Å²) < 4.78 is 8.16. The number of hydrogen-bond acceptors (Lipinski definition) is 3. The summed E-state index contributed by atoms with van der Waals surface area (Å²) in [5, 5.41) is 2.52. The molecule has 4 nitrogen and oxygen atoms in total. The van der Waals surface area contributed by atoms with Gasteiger partial charge in [-0.2, -0.15) is 0 Å². The molecule has 0 saturated carbocycles. The average Bonchev–Trinajstić information content (AvgIpc) is 3.79. The van der Waals surface area contributed by atoms with Crippen LogP contribution in [0.1, 0.15) is 65.2 Å². The van der Waals surface area contributed by atoms with E-state index in [9.17, 15) is 0 Å². The summed E-state index contributed by atoms with van der Waals surface area (Å²) in [5.41, 5.74) is 13.6. The van der Waals surface area contributed by atoms with Crippen molar-refractivity contribution >= 4 is 35.3 Å². The third-order valence-corrected chi connectivity index (χ3v) is 12.7. The molecule has 0 unspecified atom stereocenters. The van der Waals surface area contributed by atoms with Crippen LogP contribution < -0.4 is 5.19 Å². The number of pyridine rings is 1. The zero-order chi connectivity index (χ0) is 41.2. The Hall–Kier alpha value is -4.87. The van der Waals surface area contributed by atoms with Crippen molar-refractivity contribution in [3.63, 3.8) is 0 Å². The van der Waals surface area contributed by atoms with E-state index in [2.05, 4.69) is 193 Å². The van der Waals surface area contributed by atoms with Crippen LogP contribution in [0, 0.1) is 24.2 Å². The van der Waals surface area contributed by atoms with Gasteiger partial charge in [-0.3, -0.25) is 4.98 Å². The molecule has 1 radical (unpaired) electrons. The Labute approximate surface area is 366 Å². The fraction of sp³-hybridized carbons (Fsp3) is 0.283. The van der Waals surface area contributed by atoms with Gasteiger partial charge in [-0.05, 0) is 81.9 Å². The Morgan fingerprint density at radius 3 is 2.03 bits per heavy atom. The number of fused-ring (bicyclic) bond motifs is 2.